The largest absolute Gasteiger partial charge is 0.479 e. The van der Waals surface area contributed by atoms with Crippen LogP contribution in [0.1, 0.15) is 26.0 Å². The van der Waals surface area contributed by atoms with Crippen LogP contribution in [-0.2, 0) is 20.7 Å². The van der Waals surface area contributed by atoms with Crippen molar-refractivity contribution in [2.45, 2.75) is 31.9 Å². The average molecular weight is 348 g/mol. The van der Waals surface area contributed by atoms with E-state index in [1.54, 1.807) is 6.07 Å². The van der Waals surface area contributed by atoms with Crippen molar-refractivity contribution in [1.82, 2.24) is 4.98 Å². The molecular weight excluding hydrogens is 330 g/mol. The molecule has 1 aromatic heterocycles. The SMILES string of the molecule is CCOC(=S)SC(CCc1cccc(Cl)n1)COC(C)=O. The van der Waals surface area contributed by atoms with Crippen LogP contribution in [0.2, 0.25) is 5.15 Å². The Morgan fingerprint density at radius 3 is 2.86 bits per heavy atom. The summed E-state index contributed by atoms with van der Waals surface area (Å²) in [5.74, 6) is -0.302. The third-order valence-corrected chi connectivity index (χ3v) is 4.13. The second-order valence-corrected chi connectivity index (χ2v) is 6.51. The number of carbonyl (C=O) groups excluding carboxylic acids is 1. The van der Waals surface area contributed by atoms with E-state index in [2.05, 4.69) is 4.98 Å². The van der Waals surface area contributed by atoms with Crippen LogP contribution < -0.4 is 0 Å². The number of aryl methyl sites for hydroxylation is 1. The summed E-state index contributed by atoms with van der Waals surface area (Å²) in [5, 5.41) is 0.509. The fourth-order valence-corrected chi connectivity index (χ4v) is 3.11. The lowest BCUT2D eigenvalue weighted by Crippen LogP contribution is -2.18. The van der Waals surface area contributed by atoms with Crippen LogP contribution in [0.4, 0.5) is 0 Å². The standard InChI is InChI=1S/C14H18ClNO3S2/c1-3-18-14(20)21-12(9-19-10(2)17)8-7-11-5-4-6-13(15)16-11/h4-6,12H,3,7-9H2,1-2H3. The summed E-state index contributed by atoms with van der Waals surface area (Å²) in [7, 11) is 0. The van der Waals surface area contributed by atoms with Crippen molar-refractivity contribution in [2.75, 3.05) is 13.2 Å². The predicted octanol–water partition coefficient (Wildman–Crippen LogP) is 3.65. The molecule has 0 aliphatic heterocycles. The molecule has 1 heterocycles. The van der Waals surface area contributed by atoms with Crippen LogP contribution in [0, 0.1) is 0 Å². The number of halogens is 1. The Balaban J connectivity index is 2.54. The van der Waals surface area contributed by atoms with E-state index >= 15 is 0 Å². The summed E-state index contributed by atoms with van der Waals surface area (Å²) in [4.78, 5) is 15.2. The molecule has 0 bridgehead atoms. The fourth-order valence-electron chi connectivity index (χ4n) is 1.57. The molecule has 7 heteroatoms. The molecule has 0 aromatic carbocycles. The third kappa shape index (κ3) is 8.24. The third-order valence-electron chi connectivity index (χ3n) is 2.49. The number of ether oxygens (including phenoxy) is 2. The Labute approximate surface area is 139 Å². The lowest BCUT2D eigenvalue weighted by Gasteiger charge is -2.16. The molecule has 4 nitrogen and oxygen atoms in total. The number of carbonyl (C=O) groups is 1. The van der Waals surface area contributed by atoms with Gasteiger partial charge in [0.2, 0.25) is 4.38 Å². The Kier molecular flexibility index (Phi) is 8.64. The molecule has 0 aliphatic carbocycles. The predicted molar refractivity (Wildman–Crippen MR) is 89.8 cm³/mol. The van der Waals surface area contributed by atoms with Crippen molar-refractivity contribution in [1.29, 1.82) is 0 Å². The van der Waals surface area contributed by atoms with Crippen LogP contribution in [0.3, 0.4) is 0 Å². The molecule has 0 N–H and O–H groups in total. The Morgan fingerprint density at radius 1 is 1.48 bits per heavy atom. The van der Waals surface area contributed by atoms with E-state index < -0.39 is 0 Å². The average Bonchev–Trinajstić information content (AvgIpc) is 2.42. The van der Waals surface area contributed by atoms with Gasteiger partial charge < -0.3 is 9.47 Å². The van der Waals surface area contributed by atoms with E-state index in [0.717, 1.165) is 18.5 Å². The number of hydrogen-bond acceptors (Lipinski definition) is 6. The van der Waals surface area contributed by atoms with Crippen molar-refractivity contribution in [3.05, 3.63) is 29.0 Å². The first-order valence-electron chi connectivity index (χ1n) is 6.59. The number of aromatic nitrogens is 1. The monoisotopic (exact) mass is 347 g/mol. The van der Waals surface area contributed by atoms with E-state index in [0.29, 0.717) is 22.7 Å². The minimum absolute atomic E-state index is 0.0359. The Bertz CT molecular complexity index is 485. The summed E-state index contributed by atoms with van der Waals surface area (Å²) in [6.07, 6.45) is 1.49. The van der Waals surface area contributed by atoms with Crippen LogP contribution in [-0.4, -0.2) is 33.8 Å². The molecule has 0 radical (unpaired) electrons. The highest BCUT2D eigenvalue weighted by molar-refractivity contribution is 8.23. The first-order chi connectivity index (χ1) is 10.0. The molecule has 1 aromatic rings. The smallest absolute Gasteiger partial charge is 0.302 e. The van der Waals surface area contributed by atoms with Gasteiger partial charge in [-0.15, -0.1) is 0 Å². The van der Waals surface area contributed by atoms with Gasteiger partial charge in [-0.3, -0.25) is 4.79 Å². The maximum atomic E-state index is 11.0. The van der Waals surface area contributed by atoms with E-state index in [9.17, 15) is 4.79 Å². The lowest BCUT2D eigenvalue weighted by molar-refractivity contribution is -0.140. The van der Waals surface area contributed by atoms with E-state index in [1.807, 2.05) is 19.1 Å². The van der Waals surface area contributed by atoms with Gasteiger partial charge in [-0.1, -0.05) is 29.4 Å². The van der Waals surface area contributed by atoms with Crippen molar-refractivity contribution < 1.29 is 14.3 Å². The second-order valence-electron chi connectivity index (χ2n) is 4.22. The van der Waals surface area contributed by atoms with Gasteiger partial charge in [0, 0.05) is 17.9 Å². The lowest BCUT2D eigenvalue weighted by atomic mass is 10.2. The first-order valence-corrected chi connectivity index (χ1v) is 8.26. The van der Waals surface area contributed by atoms with Crippen LogP contribution in [0.15, 0.2) is 18.2 Å². The normalized spacial score (nSPS) is 11.8. The molecule has 0 aliphatic rings. The zero-order valence-electron chi connectivity index (χ0n) is 12.0. The number of pyridine rings is 1. The summed E-state index contributed by atoms with van der Waals surface area (Å²) in [6, 6.07) is 5.52. The number of nitrogens with zero attached hydrogens (tertiary/aromatic N) is 1. The number of esters is 1. The number of thiocarbonyl (C=S) groups is 1. The minimum Gasteiger partial charge on any atom is -0.479 e. The van der Waals surface area contributed by atoms with Gasteiger partial charge in [0.05, 0.1) is 6.61 Å². The minimum atomic E-state index is -0.302. The molecule has 0 saturated carbocycles. The molecule has 0 amide bonds. The van der Waals surface area contributed by atoms with Gasteiger partial charge in [0.25, 0.3) is 0 Å². The van der Waals surface area contributed by atoms with Crippen LogP contribution >= 0.6 is 35.6 Å². The van der Waals surface area contributed by atoms with Crippen molar-refractivity contribution in [3.63, 3.8) is 0 Å². The van der Waals surface area contributed by atoms with Gasteiger partial charge >= 0.3 is 5.97 Å². The van der Waals surface area contributed by atoms with Gasteiger partial charge in [-0.05, 0) is 44.1 Å². The topological polar surface area (TPSA) is 48.4 Å². The summed E-state index contributed by atoms with van der Waals surface area (Å²) < 4.78 is 10.8. The second kappa shape index (κ2) is 9.97. The summed E-state index contributed by atoms with van der Waals surface area (Å²) in [5.41, 5.74) is 0.901. The molecular formula is C14H18ClNO3S2. The molecule has 116 valence electrons. The van der Waals surface area contributed by atoms with Crippen LogP contribution in [0.5, 0.6) is 0 Å². The highest BCUT2D eigenvalue weighted by atomic mass is 35.5. The van der Waals surface area contributed by atoms with E-state index in [1.165, 1.54) is 18.7 Å². The maximum absolute atomic E-state index is 11.0. The highest BCUT2D eigenvalue weighted by Gasteiger charge is 2.15. The van der Waals surface area contributed by atoms with E-state index in [4.69, 9.17) is 33.3 Å². The quantitative estimate of drug-likeness (QED) is 0.426. The zero-order chi connectivity index (χ0) is 15.7. The maximum Gasteiger partial charge on any atom is 0.302 e. The molecule has 0 fully saturated rings. The van der Waals surface area contributed by atoms with Crippen molar-refractivity contribution in [3.8, 4) is 0 Å². The first kappa shape index (κ1) is 18.2. The number of rotatable bonds is 7. The summed E-state index contributed by atoms with van der Waals surface area (Å²) >= 11 is 12.4. The van der Waals surface area contributed by atoms with Gasteiger partial charge in [-0.25, -0.2) is 4.98 Å². The molecule has 21 heavy (non-hydrogen) atoms. The number of thioether (sulfide) groups is 1. The molecule has 0 saturated heterocycles. The Hall–Kier alpha value is -0.850. The van der Waals surface area contributed by atoms with Gasteiger partial charge in [-0.2, -0.15) is 0 Å². The molecule has 1 atom stereocenters. The molecule has 1 rings (SSSR count). The van der Waals surface area contributed by atoms with Gasteiger partial charge in [0.15, 0.2) is 0 Å². The number of hydrogen-bond donors (Lipinski definition) is 0. The Morgan fingerprint density at radius 2 is 2.24 bits per heavy atom. The molecule has 1 unspecified atom stereocenters. The molecule has 0 spiro atoms. The van der Waals surface area contributed by atoms with Crippen molar-refractivity contribution >= 4 is 45.9 Å². The van der Waals surface area contributed by atoms with Gasteiger partial charge in [0.1, 0.15) is 11.8 Å². The highest BCUT2D eigenvalue weighted by Crippen LogP contribution is 2.20. The zero-order valence-corrected chi connectivity index (χ0v) is 14.4. The fraction of sp³-hybridized carbons (Fsp3) is 0.500. The van der Waals surface area contributed by atoms with E-state index in [-0.39, 0.29) is 11.2 Å². The van der Waals surface area contributed by atoms with Crippen LogP contribution in [0.25, 0.3) is 0 Å². The summed E-state index contributed by atoms with van der Waals surface area (Å²) in [6.45, 7) is 4.10. The van der Waals surface area contributed by atoms with Crippen molar-refractivity contribution in [2.24, 2.45) is 0 Å².